The van der Waals surface area contributed by atoms with Gasteiger partial charge in [-0.2, -0.15) is 0 Å². The van der Waals surface area contributed by atoms with Crippen LogP contribution in [0.15, 0.2) is 0 Å². The molecule has 3 rings (SSSR count). The van der Waals surface area contributed by atoms with E-state index in [2.05, 4.69) is 0 Å². The minimum absolute atomic E-state index is 0.0419. The van der Waals surface area contributed by atoms with Crippen molar-refractivity contribution in [3.8, 4) is 0 Å². The number of carbonyl (C=O) groups is 1. The number of esters is 1. The predicted octanol–water partition coefficient (Wildman–Crippen LogP) is 0.611. The monoisotopic (exact) mass is 228 g/mol. The fraction of sp³-hybridized carbons (Fsp3) is 0.909. The maximum atomic E-state index is 11.6. The molecule has 0 aromatic rings. The van der Waals surface area contributed by atoms with E-state index in [4.69, 9.17) is 18.9 Å². The maximum absolute atomic E-state index is 11.6. The summed E-state index contributed by atoms with van der Waals surface area (Å²) in [5.41, 5.74) is -0.750. The molecule has 2 saturated heterocycles. The average Bonchev–Trinajstić information content (AvgIpc) is 2.89. The first-order valence-electron chi connectivity index (χ1n) is 5.60. The fourth-order valence-corrected chi connectivity index (χ4v) is 2.86. The summed E-state index contributed by atoms with van der Waals surface area (Å²) in [4.78, 5) is 11.6. The van der Waals surface area contributed by atoms with E-state index in [1.807, 2.05) is 13.8 Å². The van der Waals surface area contributed by atoms with Crippen LogP contribution in [0.3, 0.4) is 0 Å². The van der Waals surface area contributed by atoms with Crippen molar-refractivity contribution < 1.29 is 23.7 Å². The second-order valence-electron chi connectivity index (χ2n) is 5.10. The Morgan fingerprint density at radius 2 is 2.06 bits per heavy atom. The molecule has 0 N–H and O–H groups in total. The van der Waals surface area contributed by atoms with Crippen LogP contribution in [0.1, 0.15) is 26.7 Å². The van der Waals surface area contributed by atoms with Crippen LogP contribution in [0.2, 0.25) is 0 Å². The van der Waals surface area contributed by atoms with Crippen molar-refractivity contribution in [1.82, 2.24) is 0 Å². The van der Waals surface area contributed by atoms with Gasteiger partial charge in [-0.15, -0.1) is 0 Å². The fourth-order valence-electron chi connectivity index (χ4n) is 2.86. The molecule has 3 fully saturated rings. The lowest BCUT2D eigenvalue weighted by Crippen LogP contribution is -2.43. The Hall–Kier alpha value is -0.650. The lowest BCUT2D eigenvalue weighted by Gasteiger charge is -2.22. The van der Waals surface area contributed by atoms with Crippen molar-refractivity contribution in [3.05, 3.63) is 0 Å². The third-order valence-electron chi connectivity index (χ3n) is 3.59. The summed E-state index contributed by atoms with van der Waals surface area (Å²) in [7, 11) is 1.39. The molecule has 90 valence electrons. The summed E-state index contributed by atoms with van der Waals surface area (Å²) in [5.74, 6) is -0.864. The second-order valence-corrected chi connectivity index (χ2v) is 5.10. The van der Waals surface area contributed by atoms with Gasteiger partial charge in [0.05, 0.1) is 13.2 Å². The van der Waals surface area contributed by atoms with Crippen molar-refractivity contribution in [2.75, 3.05) is 7.11 Å². The van der Waals surface area contributed by atoms with E-state index in [-0.39, 0.29) is 24.3 Å². The molecule has 0 unspecified atom stereocenters. The van der Waals surface area contributed by atoms with Crippen molar-refractivity contribution in [2.24, 2.45) is 0 Å². The van der Waals surface area contributed by atoms with Gasteiger partial charge in [-0.25, -0.2) is 4.79 Å². The Morgan fingerprint density at radius 1 is 1.31 bits per heavy atom. The molecule has 2 aliphatic heterocycles. The number of ether oxygens (including phenoxy) is 4. The highest BCUT2D eigenvalue weighted by atomic mass is 16.8. The number of fused-ring (bicyclic) bond motifs is 3. The third-order valence-corrected chi connectivity index (χ3v) is 3.59. The Labute approximate surface area is 94.0 Å². The molecule has 5 nitrogen and oxygen atoms in total. The van der Waals surface area contributed by atoms with E-state index in [1.165, 1.54) is 7.11 Å². The number of hydrogen-bond acceptors (Lipinski definition) is 5. The first kappa shape index (κ1) is 10.5. The highest BCUT2D eigenvalue weighted by Gasteiger charge is 2.72. The van der Waals surface area contributed by atoms with Crippen LogP contribution in [0.4, 0.5) is 0 Å². The van der Waals surface area contributed by atoms with Crippen LogP contribution in [0.25, 0.3) is 0 Å². The summed E-state index contributed by atoms with van der Waals surface area (Å²) >= 11 is 0. The molecule has 0 bridgehead atoms. The normalized spacial score (nSPS) is 48.1. The molecule has 0 spiro atoms. The van der Waals surface area contributed by atoms with Gasteiger partial charge in [0.2, 0.25) is 0 Å². The largest absolute Gasteiger partial charge is 0.467 e. The van der Waals surface area contributed by atoms with E-state index in [0.717, 1.165) is 6.42 Å². The topological polar surface area (TPSA) is 57.3 Å². The molecule has 0 amide bonds. The molecule has 1 saturated carbocycles. The Kier molecular flexibility index (Phi) is 1.95. The number of carbonyl (C=O) groups excluding carboxylic acids is 1. The molecule has 0 aromatic heterocycles. The smallest absolute Gasteiger partial charge is 0.341 e. The minimum Gasteiger partial charge on any atom is -0.467 e. The first-order valence-corrected chi connectivity index (χ1v) is 5.60. The highest BCUT2D eigenvalue weighted by Crippen LogP contribution is 2.53. The zero-order valence-corrected chi connectivity index (χ0v) is 9.69. The molecule has 16 heavy (non-hydrogen) atoms. The average molecular weight is 228 g/mol. The van der Waals surface area contributed by atoms with Gasteiger partial charge in [0.15, 0.2) is 11.4 Å². The van der Waals surface area contributed by atoms with Crippen LogP contribution in [-0.2, 0) is 23.7 Å². The number of epoxide rings is 1. The molecule has 3 aliphatic rings. The van der Waals surface area contributed by atoms with Gasteiger partial charge in [0, 0.05) is 0 Å². The summed E-state index contributed by atoms with van der Waals surface area (Å²) in [5, 5.41) is 0. The highest BCUT2D eigenvalue weighted by molar-refractivity contribution is 5.83. The number of methoxy groups -OCH3 is 1. The van der Waals surface area contributed by atoms with Crippen molar-refractivity contribution in [2.45, 2.75) is 56.4 Å². The molecule has 5 heteroatoms. The Bertz CT molecular complexity index is 339. The summed E-state index contributed by atoms with van der Waals surface area (Å²) < 4.78 is 21.8. The summed E-state index contributed by atoms with van der Waals surface area (Å²) in [6.45, 7) is 3.76. The first-order chi connectivity index (χ1) is 7.48. The van der Waals surface area contributed by atoms with Crippen LogP contribution in [0.5, 0.6) is 0 Å². The summed E-state index contributed by atoms with van der Waals surface area (Å²) in [6, 6.07) is 0. The second kappa shape index (κ2) is 2.97. The van der Waals surface area contributed by atoms with E-state index in [1.54, 1.807) is 0 Å². The van der Waals surface area contributed by atoms with Crippen molar-refractivity contribution in [3.63, 3.8) is 0 Å². The molecule has 1 aliphatic carbocycles. The minimum atomic E-state index is -0.750. The SMILES string of the molecule is COC(=O)[C@@]12CC[C@@H]3OC(C)(C)O[C@@H]3[C@@H]1O2. The van der Waals surface area contributed by atoms with Crippen LogP contribution in [0, 0.1) is 0 Å². The van der Waals surface area contributed by atoms with E-state index >= 15 is 0 Å². The molecule has 4 atom stereocenters. The Balaban J connectivity index is 1.80. The van der Waals surface area contributed by atoms with Gasteiger partial charge < -0.3 is 18.9 Å². The standard InChI is InChI=1S/C11H16O5/c1-10(2)14-6-4-5-11(9(12)13-3)8(16-11)7(6)15-10/h6-8H,4-5H2,1-3H3/t6-,7-,8-,11+/m0/s1. The van der Waals surface area contributed by atoms with Gasteiger partial charge in [0.1, 0.15) is 12.2 Å². The maximum Gasteiger partial charge on any atom is 0.341 e. The van der Waals surface area contributed by atoms with Crippen molar-refractivity contribution in [1.29, 1.82) is 0 Å². The molecule has 0 aromatic carbocycles. The van der Waals surface area contributed by atoms with Crippen LogP contribution < -0.4 is 0 Å². The van der Waals surface area contributed by atoms with E-state index < -0.39 is 11.4 Å². The van der Waals surface area contributed by atoms with Gasteiger partial charge >= 0.3 is 5.97 Å². The van der Waals surface area contributed by atoms with Crippen LogP contribution >= 0.6 is 0 Å². The van der Waals surface area contributed by atoms with Gasteiger partial charge in [-0.1, -0.05) is 0 Å². The zero-order valence-electron chi connectivity index (χ0n) is 9.69. The molecular weight excluding hydrogens is 212 g/mol. The van der Waals surface area contributed by atoms with E-state index in [0.29, 0.717) is 6.42 Å². The van der Waals surface area contributed by atoms with Crippen molar-refractivity contribution >= 4 is 5.97 Å². The quantitative estimate of drug-likeness (QED) is 0.486. The third kappa shape index (κ3) is 1.25. The molecular formula is C11H16O5. The van der Waals surface area contributed by atoms with Gasteiger partial charge in [-0.3, -0.25) is 0 Å². The number of hydrogen-bond donors (Lipinski definition) is 0. The van der Waals surface area contributed by atoms with Crippen LogP contribution in [-0.4, -0.2) is 42.8 Å². The zero-order chi connectivity index (χ0) is 11.6. The summed E-state index contributed by atoms with van der Waals surface area (Å²) in [6.07, 6.45) is 1.15. The lowest BCUT2D eigenvalue weighted by atomic mass is 9.85. The van der Waals surface area contributed by atoms with Gasteiger partial charge in [-0.05, 0) is 26.7 Å². The predicted molar refractivity (Wildman–Crippen MR) is 52.7 cm³/mol. The Morgan fingerprint density at radius 3 is 2.75 bits per heavy atom. The molecule has 2 heterocycles. The van der Waals surface area contributed by atoms with Gasteiger partial charge in [0.25, 0.3) is 0 Å². The molecule has 0 radical (unpaired) electrons. The lowest BCUT2D eigenvalue weighted by molar-refractivity contribution is -0.148. The van der Waals surface area contributed by atoms with E-state index in [9.17, 15) is 4.79 Å². The number of rotatable bonds is 1.